The van der Waals surface area contributed by atoms with Crippen molar-refractivity contribution < 1.29 is 4.79 Å². The highest BCUT2D eigenvalue weighted by atomic mass is 16.1. The normalized spacial score (nSPS) is 15.1. The van der Waals surface area contributed by atoms with Crippen molar-refractivity contribution in [1.82, 2.24) is 4.98 Å². The maximum Gasteiger partial charge on any atom is 0.154 e. The number of carbonyl (C=O) groups is 1. The highest BCUT2D eigenvalue weighted by molar-refractivity contribution is 5.86. The van der Waals surface area contributed by atoms with Gasteiger partial charge >= 0.3 is 0 Å². The predicted molar refractivity (Wildman–Crippen MR) is 54.9 cm³/mol. The minimum atomic E-state index is 0.281. The number of Topliss-reactive ketones (excluding diaryl/α,β-unsaturated/α-hetero) is 1. The van der Waals surface area contributed by atoms with Crippen molar-refractivity contribution in [2.24, 2.45) is 5.92 Å². The smallest absolute Gasteiger partial charge is 0.154 e. The van der Waals surface area contributed by atoms with Crippen LogP contribution in [0.3, 0.4) is 0 Å². The molecule has 0 atom stereocenters. The fourth-order valence-electron chi connectivity index (χ4n) is 1.24. The van der Waals surface area contributed by atoms with Crippen molar-refractivity contribution in [2.45, 2.75) is 12.8 Å². The number of aromatic nitrogens is 1. The highest BCUT2D eigenvalue weighted by Gasteiger charge is 2.28. The van der Waals surface area contributed by atoms with Crippen molar-refractivity contribution in [1.29, 1.82) is 0 Å². The summed E-state index contributed by atoms with van der Waals surface area (Å²) in [5.41, 5.74) is 6.11. The summed E-state index contributed by atoms with van der Waals surface area (Å²) >= 11 is 0. The molecule has 1 heterocycles. The number of ketones is 1. The van der Waals surface area contributed by atoms with E-state index in [1.54, 1.807) is 18.3 Å². The van der Waals surface area contributed by atoms with E-state index in [0.717, 1.165) is 12.8 Å². The van der Waals surface area contributed by atoms with Crippen molar-refractivity contribution in [3.05, 3.63) is 18.3 Å². The third-order valence-electron chi connectivity index (χ3n) is 2.26. The zero-order valence-electron chi connectivity index (χ0n) is 7.86. The van der Waals surface area contributed by atoms with Gasteiger partial charge in [-0.3, -0.25) is 4.79 Å². The number of carbonyl (C=O) groups excluding carboxylic acids is 1. The lowest BCUT2D eigenvalue weighted by Gasteiger charge is -2.03. The Bertz CT molecular complexity index is 330. The maximum absolute atomic E-state index is 11.3. The standard InChI is InChI=1S/C10H13N3O/c11-8-3-4-10(12-5-8)13-6-9(14)7-1-2-7/h3-5,7H,1-2,6,11H2,(H,12,13). The van der Waals surface area contributed by atoms with E-state index in [1.807, 2.05) is 0 Å². The van der Waals surface area contributed by atoms with Crippen molar-refractivity contribution >= 4 is 17.3 Å². The number of pyridine rings is 1. The van der Waals surface area contributed by atoms with Gasteiger partial charge in [0, 0.05) is 5.92 Å². The molecular formula is C10H13N3O. The van der Waals surface area contributed by atoms with Gasteiger partial charge < -0.3 is 11.1 Å². The molecule has 14 heavy (non-hydrogen) atoms. The highest BCUT2D eigenvalue weighted by Crippen LogP contribution is 2.29. The number of anilines is 2. The lowest BCUT2D eigenvalue weighted by Crippen LogP contribution is -2.15. The van der Waals surface area contributed by atoms with Crippen LogP contribution in [0, 0.1) is 5.92 Å². The molecule has 0 aromatic carbocycles. The average molecular weight is 191 g/mol. The molecule has 4 heteroatoms. The molecule has 0 spiro atoms. The maximum atomic E-state index is 11.3. The van der Waals surface area contributed by atoms with Crippen LogP contribution in [0.5, 0.6) is 0 Å². The molecule has 0 amide bonds. The Kier molecular flexibility index (Phi) is 2.35. The molecule has 3 N–H and O–H groups in total. The van der Waals surface area contributed by atoms with Gasteiger partial charge in [0.1, 0.15) is 5.82 Å². The number of hydrogen-bond donors (Lipinski definition) is 2. The summed E-state index contributed by atoms with van der Waals surface area (Å²) in [6.45, 7) is 0.377. The van der Waals surface area contributed by atoms with E-state index in [2.05, 4.69) is 10.3 Å². The van der Waals surface area contributed by atoms with Crippen LogP contribution in [0.15, 0.2) is 18.3 Å². The van der Waals surface area contributed by atoms with Crippen LogP contribution < -0.4 is 11.1 Å². The third-order valence-corrected chi connectivity index (χ3v) is 2.26. The lowest BCUT2D eigenvalue weighted by molar-refractivity contribution is -0.118. The van der Waals surface area contributed by atoms with Gasteiger partial charge in [0.2, 0.25) is 0 Å². The van der Waals surface area contributed by atoms with Crippen molar-refractivity contribution in [3.8, 4) is 0 Å². The second-order valence-electron chi connectivity index (χ2n) is 3.57. The van der Waals surface area contributed by atoms with Gasteiger partial charge in [0.25, 0.3) is 0 Å². The molecule has 2 rings (SSSR count). The van der Waals surface area contributed by atoms with E-state index >= 15 is 0 Å². The Balaban J connectivity index is 1.85. The quantitative estimate of drug-likeness (QED) is 0.746. The first kappa shape index (κ1) is 8.99. The topological polar surface area (TPSA) is 68.0 Å². The third kappa shape index (κ3) is 2.22. The Hall–Kier alpha value is -1.58. The summed E-state index contributed by atoms with van der Waals surface area (Å²) < 4.78 is 0. The molecule has 1 fully saturated rings. The van der Waals surface area contributed by atoms with Crippen LogP contribution in [-0.2, 0) is 4.79 Å². The van der Waals surface area contributed by atoms with Gasteiger partial charge in [-0.2, -0.15) is 0 Å². The summed E-state index contributed by atoms with van der Waals surface area (Å²) in [6, 6.07) is 3.53. The van der Waals surface area contributed by atoms with Crippen LogP contribution in [0.25, 0.3) is 0 Å². The van der Waals surface area contributed by atoms with Crippen molar-refractivity contribution in [3.63, 3.8) is 0 Å². The molecule has 0 radical (unpaired) electrons. The Morgan fingerprint density at radius 2 is 2.36 bits per heavy atom. The van der Waals surface area contributed by atoms with Crippen LogP contribution in [0.2, 0.25) is 0 Å². The Morgan fingerprint density at radius 3 is 2.93 bits per heavy atom. The summed E-state index contributed by atoms with van der Waals surface area (Å²) in [6.07, 6.45) is 3.68. The summed E-state index contributed by atoms with van der Waals surface area (Å²) in [7, 11) is 0. The second-order valence-corrected chi connectivity index (χ2v) is 3.57. The molecule has 1 aliphatic carbocycles. The van der Waals surface area contributed by atoms with E-state index in [-0.39, 0.29) is 5.78 Å². The molecule has 4 nitrogen and oxygen atoms in total. The number of nitrogen functional groups attached to an aromatic ring is 1. The summed E-state index contributed by atoms with van der Waals surface area (Å²) in [4.78, 5) is 15.4. The first-order valence-corrected chi connectivity index (χ1v) is 4.74. The predicted octanol–water partition coefficient (Wildman–Crippen LogP) is 1.05. The van der Waals surface area contributed by atoms with Gasteiger partial charge in [0.15, 0.2) is 5.78 Å². The van der Waals surface area contributed by atoms with E-state index in [4.69, 9.17) is 5.73 Å². The number of nitrogens with zero attached hydrogens (tertiary/aromatic N) is 1. The molecule has 0 saturated heterocycles. The fourth-order valence-corrected chi connectivity index (χ4v) is 1.24. The number of nitrogens with two attached hydrogens (primary N) is 1. The lowest BCUT2D eigenvalue weighted by atomic mass is 10.2. The molecule has 1 saturated carbocycles. The fraction of sp³-hybridized carbons (Fsp3) is 0.400. The van der Waals surface area contributed by atoms with Crippen LogP contribution >= 0.6 is 0 Å². The first-order chi connectivity index (χ1) is 6.75. The summed E-state index contributed by atoms with van der Waals surface area (Å²) in [5.74, 6) is 1.29. The molecule has 0 aliphatic heterocycles. The van der Waals surface area contributed by atoms with E-state index in [0.29, 0.717) is 24.0 Å². The number of hydrogen-bond acceptors (Lipinski definition) is 4. The van der Waals surface area contributed by atoms with Crippen LogP contribution in [0.4, 0.5) is 11.5 Å². The zero-order valence-corrected chi connectivity index (χ0v) is 7.86. The van der Waals surface area contributed by atoms with Gasteiger partial charge in [-0.15, -0.1) is 0 Å². The zero-order chi connectivity index (χ0) is 9.97. The number of rotatable bonds is 4. The SMILES string of the molecule is Nc1ccc(NCC(=O)C2CC2)nc1. The average Bonchev–Trinajstić information content (AvgIpc) is 3.00. The van der Waals surface area contributed by atoms with E-state index in [1.165, 1.54) is 0 Å². The molecule has 1 aromatic rings. The van der Waals surface area contributed by atoms with E-state index < -0.39 is 0 Å². The molecule has 1 aliphatic rings. The van der Waals surface area contributed by atoms with E-state index in [9.17, 15) is 4.79 Å². The molecule has 1 aromatic heterocycles. The molecular weight excluding hydrogens is 178 g/mol. The molecule has 0 unspecified atom stereocenters. The molecule has 74 valence electrons. The Morgan fingerprint density at radius 1 is 1.57 bits per heavy atom. The second kappa shape index (κ2) is 3.65. The largest absolute Gasteiger partial charge is 0.397 e. The first-order valence-electron chi connectivity index (χ1n) is 4.74. The van der Waals surface area contributed by atoms with Gasteiger partial charge in [0.05, 0.1) is 18.4 Å². The summed E-state index contributed by atoms with van der Waals surface area (Å²) in [5, 5.41) is 2.98. The van der Waals surface area contributed by atoms with Gasteiger partial charge in [-0.1, -0.05) is 0 Å². The minimum absolute atomic E-state index is 0.281. The van der Waals surface area contributed by atoms with Gasteiger partial charge in [-0.05, 0) is 25.0 Å². The van der Waals surface area contributed by atoms with Crippen molar-refractivity contribution in [2.75, 3.05) is 17.6 Å². The monoisotopic (exact) mass is 191 g/mol. The minimum Gasteiger partial charge on any atom is -0.397 e. The van der Waals surface area contributed by atoms with Crippen LogP contribution in [0.1, 0.15) is 12.8 Å². The molecule has 0 bridgehead atoms. The number of nitrogens with one attached hydrogen (secondary N) is 1. The van der Waals surface area contributed by atoms with Crippen LogP contribution in [-0.4, -0.2) is 17.3 Å². The van der Waals surface area contributed by atoms with Gasteiger partial charge in [-0.25, -0.2) is 4.98 Å². The Labute approximate surface area is 82.5 Å².